The molecule has 1 aliphatic rings. The smallest absolute Gasteiger partial charge is 0.102 e. The van der Waals surface area contributed by atoms with Crippen molar-refractivity contribution in [3.05, 3.63) is 0 Å². The van der Waals surface area contributed by atoms with Gasteiger partial charge < -0.3 is 14.9 Å². The van der Waals surface area contributed by atoms with E-state index >= 15 is 0 Å². The van der Waals surface area contributed by atoms with Gasteiger partial charge >= 0.3 is 0 Å². The van der Waals surface area contributed by atoms with E-state index < -0.39 is 0 Å². The fraction of sp³-hybridized carbons (Fsp3) is 1.00. The van der Waals surface area contributed by atoms with E-state index in [9.17, 15) is 0 Å². The maximum absolute atomic E-state index is 8.88. The van der Waals surface area contributed by atoms with Crippen LogP contribution in [0.5, 0.6) is 0 Å². The summed E-state index contributed by atoms with van der Waals surface area (Å²) in [5.41, 5.74) is 0. The summed E-state index contributed by atoms with van der Waals surface area (Å²) in [4.78, 5) is 0. The van der Waals surface area contributed by atoms with Crippen LogP contribution in [0.1, 0.15) is 6.92 Å². The van der Waals surface area contributed by atoms with Crippen molar-refractivity contribution in [2.24, 2.45) is 0 Å². The Hall–Kier alpha value is -0.120. The zero-order valence-corrected chi connectivity index (χ0v) is 7.34. The van der Waals surface area contributed by atoms with Gasteiger partial charge in [-0.05, 0) is 6.92 Å². The summed E-state index contributed by atoms with van der Waals surface area (Å²) in [6.45, 7) is 9.19. The summed E-state index contributed by atoms with van der Waals surface area (Å²) in [5, 5.41) is 12.2. The van der Waals surface area contributed by atoms with Crippen molar-refractivity contribution in [2.75, 3.05) is 45.9 Å². The van der Waals surface area contributed by atoms with Crippen LogP contribution in [0.4, 0.5) is 0 Å². The largest absolute Gasteiger partial charge is 0.391 e. The van der Waals surface area contributed by atoms with Crippen LogP contribution in [0.25, 0.3) is 0 Å². The van der Waals surface area contributed by atoms with E-state index in [-0.39, 0.29) is 0 Å². The molecule has 3 nitrogen and oxygen atoms in total. The van der Waals surface area contributed by atoms with Crippen molar-refractivity contribution in [1.29, 1.82) is 0 Å². The number of likely N-dealkylation sites (N-methyl/N-ethyl adjacent to an activating group) is 1. The van der Waals surface area contributed by atoms with Gasteiger partial charge in [-0.1, -0.05) is 0 Å². The Kier molecular flexibility index (Phi) is 3.30. The van der Waals surface area contributed by atoms with Crippen molar-refractivity contribution in [1.82, 2.24) is 5.32 Å². The summed E-state index contributed by atoms with van der Waals surface area (Å²) < 4.78 is 1.10. The maximum Gasteiger partial charge on any atom is 0.102 e. The van der Waals surface area contributed by atoms with E-state index in [4.69, 9.17) is 5.11 Å². The Balaban J connectivity index is 2.42. The van der Waals surface area contributed by atoms with Gasteiger partial charge in [-0.25, -0.2) is 0 Å². The van der Waals surface area contributed by atoms with Crippen LogP contribution in [0.2, 0.25) is 0 Å². The normalized spacial score (nSPS) is 23.5. The van der Waals surface area contributed by atoms with Crippen LogP contribution in [0.15, 0.2) is 0 Å². The Morgan fingerprint density at radius 3 is 2.45 bits per heavy atom. The molecule has 0 aliphatic carbocycles. The van der Waals surface area contributed by atoms with Gasteiger partial charge in [0.15, 0.2) is 0 Å². The molecular weight excluding hydrogens is 140 g/mol. The number of rotatable bonds is 3. The highest BCUT2D eigenvalue weighted by molar-refractivity contribution is 4.56. The van der Waals surface area contributed by atoms with Gasteiger partial charge in [0.2, 0.25) is 0 Å². The number of piperazine rings is 1. The average molecular weight is 159 g/mol. The van der Waals surface area contributed by atoms with E-state index in [0.717, 1.165) is 30.7 Å². The van der Waals surface area contributed by atoms with Crippen molar-refractivity contribution >= 4 is 0 Å². The second kappa shape index (κ2) is 4.04. The fourth-order valence-electron chi connectivity index (χ4n) is 1.78. The molecule has 66 valence electrons. The van der Waals surface area contributed by atoms with Gasteiger partial charge in [-0.2, -0.15) is 0 Å². The van der Waals surface area contributed by atoms with Crippen molar-refractivity contribution in [3.8, 4) is 0 Å². The molecule has 0 amide bonds. The van der Waals surface area contributed by atoms with Crippen LogP contribution >= 0.6 is 0 Å². The van der Waals surface area contributed by atoms with Crippen LogP contribution in [0.3, 0.4) is 0 Å². The van der Waals surface area contributed by atoms with E-state index in [1.165, 1.54) is 13.1 Å². The SMILES string of the molecule is CC[N+]1(CCO)CCNCC1. The Labute approximate surface area is 68.6 Å². The van der Waals surface area contributed by atoms with Crippen molar-refractivity contribution < 1.29 is 9.59 Å². The molecule has 0 radical (unpaired) electrons. The number of nitrogens with zero attached hydrogens (tertiary/aromatic N) is 1. The lowest BCUT2D eigenvalue weighted by molar-refractivity contribution is -0.928. The molecule has 1 fully saturated rings. The molecule has 0 aromatic rings. The molecule has 2 N–H and O–H groups in total. The molecule has 0 bridgehead atoms. The Morgan fingerprint density at radius 1 is 1.36 bits per heavy atom. The van der Waals surface area contributed by atoms with Crippen molar-refractivity contribution in [2.45, 2.75) is 6.92 Å². The summed E-state index contributed by atoms with van der Waals surface area (Å²) >= 11 is 0. The lowest BCUT2D eigenvalue weighted by Gasteiger charge is -2.40. The molecule has 0 aromatic heterocycles. The molecule has 0 atom stereocenters. The first kappa shape index (κ1) is 8.97. The van der Waals surface area contributed by atoms with Crippen LogP contribution in [-0.4, -0.2) is 55.5 Å². The second-order valence-electron chi connectivity index (χ2n) is 3.30. The van der Waals surface area contributed by atoms with Gasteiger partial charge in [-0.15, -0.1) is 0 Å². The molecular formula is C8H19N2O+. The number of quaternary nitrogens is 1. The Bertz CT molecular complexity index is 105. The molecule has 0 saturated carbocycles. The first-order chi connectivity index (χ1) is 5.33. The molecule has 3 heteroatoms. The molecule has 1 aliphatic heterocycles. The molecule has 0 unspecified atom stereocenters. The lowest BCUT2D eigenvalue weighted by Crippen LogP contribution is -2.59. The van der Waals surface area contributed by atoms with Crippen molar-refractivity contribution in [3.63, 3.8) is 0 Å². The van der Waals surface area contributed by atoms with Gasteiger partial charge in [0.1, 0.15) is 6.54 Å². The van der Waals surface area contributed by atoms with E-state index in [2.05, 4.69) is 12.2 Å². The summed E-state index contributed by atoms with van der Waals surface area (Å²) in [6, 6.07) is 0. The molecule has 1 heterocycles. The maximum atomic E-state index is 8.88. The minimum atomic E-state index is 0.327. The van der Waals surface area contributed by atoms with Gasteiger partial charge in [0.05, 0.1) is 26.2 Å². The van der Waals surface area contributed by atoms with Gasteiger partial charge in [-0.3, -0.25) is 0 Å². The number of aliphatic hydroxyl groups excluding tert-OH is 1. The van der Waals surface area contributed by atoms with E-state index in [1.807, 2.05) is 0 Å². The number of hydrogen-bond acceptors (Lipinski definition) is 2. The minimum Gasteiger partial charge on any atom is -0.391 e. The predicted molar refractivity (Wildman–Crippen MR) is 45.4 cm³/mol. The Morgan fingerprint density at radius 2 is 2.00 bits per heavy atom. The quantitative estimate of drug-likeness (QED) is 0.540. The highest BCUT2D eigenvalue weighted by atomic mass is 16.3. The highest BCUT2D eigenvalue weighted by Gasteiger charge is 2.26. The van der Waals surface area contributed by atoms with Crippen LogP contribution in [-0.2, 0) is 0 Å². The molecule has 11 heavy (non-hydrogen) atoms. The second-order valence-corrected chi connectivity index (χ2v) is 3.30. The zero-order valence-electron chi connectivity index (χ0n) is 7.34. The lowest BCUT2D eigenvalue weighted by atomic mass is 10.2. The third-order valence-corrected chi connectivity index (χ3v) is 2.77. The number of hydrogen-bond donors (Lipinski definition) is 2. The summed E-state index contributed by atoms with van der Waals surface area (Å²) in [7, 11) is 0. The third-order valence-electron chi connectivity index (χ3n) is 2.77. The topological polar surface area (TPSA) is 32.3 Å². The molecule has 1 saturated heterocycles. The van der Waals surface area contributed by atoms with Crippen LogP contribution in [0, 0.1) is 0 Å². The monoisotopic (exact) mass is 159 g/mol. The number of nitrogens with one attached hydrogen (secondary N) is 1. The summed E-state index contributed by atoms with van der Waals surface area (Å²) in [5.74, 6) is 0. The van der Waals surface area contributed by atoms with Gasteiger partial charge in [0, 0.05) is 13.1 Å². The van der Waals surface area contributed by atoms with Crippen LogP contribution < -0.4 is 5.32 Å². The van der Waals surface area contributed by atoms with Gasteiger partial charge in [0.25, 0.3) is 0 Å². The average Bonchev–Trinajstić information content (AvgIpc) is 2.07. The summed E-state index contributed by atoms with van der Waals surface area (Å²) in [6.07, 6.45) is 0. The van der Waals surface area contributed by atoms with E-state index in [1.54, 1.807) is 0 Å². The predicted octanol–water partition coefficient (Wildman–Crippen LogP) is -0.581. The molecule has 1 rings (SSSR count). The first-order valence-electron chi connectivity index (χ1n) is 4.50. The van der Waals surface area contributed by atoms with E-state index in [0.29, 0.717) is 6.61 Å². The first-order valence-corrected chi connectivity index (χ1v) is 4.50. The standard InChI is InChI=1S/C8H19N2O/c1-2-10(7-8-11)5-3-9-4-6-10/h9,11H,2-8H2,1H3/q+1. The fourth-order valence-corrected chi connectivity index (χ4v) is 1.78. The zero-order chi connectivity index (χ0) is 8.16. The number of aliphatic hydroxyl groups is 1. The molecule has 0 spiro atoms. The minimum absolute atomic E-state index is 0.327. The third kappa shape index (κ3) is 2.15. The molecule has 0 aromatic carbocycles. The highest BCUT2D eigenvalue weighted by Crippen LogP contribution is 2.06.